The van der Waals surface area contributed by atoms with Gasteiger partial charge in [0.2, 0.25) is 0 Å². The van der Waals surface area contributed by atoms with Crippen LogP contribution in [0.2, 0.25) is 0 Å². The van der Waals surface area contributed by atoms with Crippen LogP contribution in [0.25, 0.3) is 33.5 Å². The molecule has 1 unspecified atom stereocenters. The summed E-state index contributed by atoms with van der Waals surface area (Å²) in [6.45, 7) is 3.15. The van der Waals surface area contributed by atoms with Crippen LogP contribution in [0.1, 0.15) is 6.42 Å². The summed E-state index contributed by atoms with van der Waals surface area (Å²) in [7, 11) is 2.17. The lowest BCUT2D eigenvalue weighted by Crippen LogP contribution is -2.17. The number of benzene rings is 1. The van der Waals surface area contributed by atoms with Gasteiger partial charge in [-0.25, -0.2) is 14.4 Å². The van der Waals surface area contributed by atoms with Crippen LogP contribution < -0.4 is 0 Å². The lowest BCUT2D eigenvalue weighted by molar-refractivity contribution is 0.378. The third-order valence-electron chi connectivity index (χ3n) is 5.61. The molecule has 0 amide bonds. The van der Waals surface area contributed by atoms with Crippen molar-refractivity contribution in [3.63, 3.8) is 0 Å². The SMILES string of the molecule is CN1CCC(Cn2cnc(-c3ccc(F)cc3)c2-c2ccnc3[nH]ccc23)C1. The second kappa shape index (κ2) is 6.87. The molecule has 0 bridgehead atoms. The Bertz CT molecular complexity index is 1110. The van der Waals surface area contributed by atoms with Crippen LogP contribution in [0.3, 0.4) is 0 Å². The molecule has 0 saturated carbocycles. The van der Waals surface area contributed by atoms with Gasteiger partial charge in [-0.2, -0.15) is 0 Å². The molecule has 3 aromatic heterocycles. The van der Waals surface area contributed by atoms with Crippen molar-refractivity contribution in [1.82, 2.24) is 24.4 Å². The van der Waals surface area contributed by atoms with E-state index in [4.69, 9.17) is 4.98 Å². The fourth-order valence-corrected chi connectivity index (χ4v) is 4.24. The molecule has 1 atom stereocenters. The van der Waals surface area contributed by atoms with E-state index in [2.05, 4.69) is 26.5 Å². The largest absolute Gasteiger partial charge is 0.346 e. The van der Waals surface area contributed by atoms with E-state index >= 15 is 0 Å². The van der Waals surface area contributed by atoms with E-state index in [1.165, 1.54) is 18.6 Å². The van der Waals surface area contributed by atoms with Crippen LogP contribution in [0.15, 0.2) is 55.1 Å². The topological polar surface area (TPSA) is 49.7 Å². The minimum Gasteiger partial charge on any atom is -0.346 e. The fourth-order valence-electron chi connectivity index (χ4n) is 4.24. The van der Waals surface area contributed by atoms with Crippen molar-refractivity contribution < 1.29 is 4.39 Å². The quantitative estimate of drug-likeness (QED) is 0.582. The Morgan fingerprint density at radius 2 is 2.00 bits per heavy atom. The maximum Gasteiger partial charge on any atom is 0.137 e. The van der Waals surface area contributed by atoms with Gasteiger partial charge < -0.3 is 14.5 Å². The van der Waals surface area contributed by atoms with Gasteiger partial charge in [0.05, 0.1) is 17.7 Å². The van der Waals surface area contributed by atoms with Crippen molar-refractivity contribution in [2.24, 2.45) is 5.92 Å². The molecule has 1 saturated heterocycles. The average Bonchev–Trinajstić information content (AvgIpc) is 3.42. The molecule has 142 valence electrons. The van der Waals surface area contributed by atoms with Crippen molar-refractivity contribution in [2.75, 3.05) is 20.1 Å². The number of hydrogen-bond acceptors (Lipinski definition) is 3. The lowest BCUT2D eigenvalue weighted by atomic mass is 10.0. The zero-order valence-corrected chi connectivity index (χ0v) is 15.8. The molecule has 4 aromatic rings. The summed E-state index contributed by atoms with van der Waals surface area (Å²) in [6.07, 6.45) is 6.84. The molecular formula is C22H22FN5. The molecule has 0 aliphatic carbocycles. The number of aromatic nitrogens is 4. The molecule has 5 nitrogen and oxygen atoms in total. The molecular weight excluding hydrogens is 353 g/mol. The Hall–Kier alpha value is -2.99. The van der Waals surface area contributed by atoms with Gasteiger partial charge in [-0.15, -0.1) is 0 Å². The summed E-state index contributed by atoms with van der Waals surface area (Å²) >= 11 is 0. The third-order valence-corrected chi connectivity index (χ3v) is 5.61. The molecule has 0 radical (unpaired) electrons. The number of H-pyrrole nitrogens is 1. The van der Waals surface area contributed by atoms with Crippen molar-refractivity contribution in [2.45, 2.75) is 13.0 Å². The van der Waals surface area contributed by atoms with Gasteiger partial charge >= 0.3 is 0 Å². The van der Waals surface area contributed by atoms with Gasteiger partial charge in [0.15, 0.2) is 0 Å². The van der Waals surface area contributed by atoms with Crippen molar-refractivity contribution in [3.8, 4) is 22.5 Å². The summed E-state index contributed by atoms with van der Waals surface area (Å²) in [4.78, 5) is 14.7. The van der Waals surface area contributed by atoms with Gasteiger partial charge in [0.25, 0.3) is 0 Å². The van der Waals surface area contributed by atoms with Crippen molar-refractivity contribution in [3.05, 3.63) is 60.9 Å². The number of halogens is 1. The number of likely N-dealkylation sites (tertiary alicyclic amines) is 1. The van der Waals surface area contributed by atoms with Crippen LogP contribution in [-0.2, 0) is 6.54 Å². The minimum absolute atomic E-state index is 0.240. The van der Waals surface area contributed by atoms with E-state index < -0.39 is 0 Å². The smallest absolute Gasteiger partial charge is 0.137 e. The summed E-state index contributed by atoms with van der Waals surface area (Å²) in [6, 6.07) is 10.7. The second-order valence-electron chi connectivity index (χ2n) is 7.62. The van der Waals surface area contributed by atoms with E-state index in [0.29, 0.717) is 5.92 Å². The molecule has 0 spiro atoms. The normalized spacial score (nSPS) is 17.6. The van der Waals surface area contributed by atoms with Crippen molar-refractivity contribution >= 4 is 11.0 Å². The Morgan fingerprint density at radius 1 is 1.14 bits per heavy atom. The Kier molecular flexibility index (Phi) is 4.20. The molecule has 1 N–H and O–H groups in total. The molecule has 28 heavy (non-hydrogen) atoms. The first-order chi connectivity index (χ1) is 13.7. The molecule has 1 aromatic carbocycles. The summed E-state index contributed by atoms with van der Waals surface area (Å²) in [5.41, 5.74) is 4.80. The maximum absolute atomic E-state index is 13.5. The van der Waals surface area contributed by atoms with E-state index in [0.717, 1.165) is 53.2 Å². The summed E-state index contributed by atoms with van der Waals surface area (Å²) in [5.74, 6) is 0.359. The van der Waals surface area contributed by atoms with Gasteiger partial charge in [0, 0.05) is 42.0 Å². The molecule has 4 heterocycles. The molecule has 1 aliphatic rings. The third kappa shape index (κ3) is 2.99. The highest BCUT2D eigenvalue weighted by atomic mass is 19.1. The second-order valence-corrected chi connectivity index (χ2v) is 7.62. The monoisotopic (exact) mass is 375 g/mol. The van der Waals surface area contributed by atoms with E-state index in [9.17, 15) is 4.39 Å². The predicted molar refractivity (Wildman–Crippen MR) is 108 cm³/mol. The highest BCUT2D eigenvalue weighted by Gasteiger charge is 2.23. The zero-order valence-electron chi connectivity index (χ0n) is 15.8. The number of nitrogens with one attached hydrogen (secondary N) is 1. The highest BCUT2D eigenvalue weighted by molar-refractivity contribution is 5.95. The number of imidazole rings is 1. The van der Waals surface area contributed by atoms with Gasteiger partial charge in [-0.3, -0.25) is 0 Å². The van der Waals surface area contributed by atoms with E-state index in [1.54, 1.807) is 12.1 Å². The van der Waals surface area contributed by atoms with Crippen LogP contribution >= 0.6 is 0 Å². The number of nitrogens with zero attached hydrogens (tertiary/aromatic N) is 4. The first-order valence-corrected chi connectivity index (χ1v) is 9.61. The van der Waals surface area contributed by atoms with Gasteiger partial charge in [0.1, 0.15) is 11.5 Å². The molecule has 5 rings (SSSR count). The van der Waals surface area contributed by atoms with Crippen LogP contribution in [0, 0.1) is 11.7 Å². The molecule has 1 fully saturated rings. The van der Waals surface area contributed by atoms with Gasteiger partial charge in [-0.05, 0) is 62.3 Å². The number of hydrogen-bond donors (Lipinski definition) is 1. The lowest BCUT2D eigenvalue weighted by Gasteiger charge is -2.15. The summed E-state index contributed by atoms with van der Waals surface area (Å²) in [5, 5.41) is 1.07. The highest BCUT2D eigenvalue weighted by Crippen LogP contribution is 2.35. The standard InChI is InChI=1S/C22H22FN5/c1-27-11-8-15(12-27)13-28-14-26-20(16-2-4-17(23)5-3-16)21(28)18-6-9-24-22-19(18)7-10-25-22/h2-7,9-10,14-15H,8,11-13H2,1H3,(H,24,25). The van der Waals surface area contributed by atoms with Crippen molar-refractivity contribution in [1.29, 1.82) is 0 Å². The fraction of sp³-hybridized carbons (Fsp3) is 0.273. The van der Waals surface area contributed by atoms with E-state index in [1.807, 2.05) is 30.9 Å². The van der Waals surface area contributed by atoms with E-state index in [-0.39, 0.29) is 5.82 Å². The minimum atomic E-state index is -0.240. The Balaban J connectivity index is 1.66. The Labute approximate surface area is 162 Å². The predicted octanol–water partition coefficient (Wildman–Crippen LogP) is 4.18. The zero-order chi connectivity index (χ0) is 19.1. The first-order valence-electron chi connectivity index (χ1n) is 9.61. The molecule has 1 aliphatic heterocycles. The number of aromatic amines is 1. The van der Waals surface area contributed by atoms with Crippen LogP contribution in [0.4, 0.5) is 4.39 Å². The average molecular weight is 375 g/mol. The first kappa shape index (κ1) is 17.1. The van der Waals surface area contributed by atoms with Gasteiger partial charge in [-0.1, -0.05) is 0 Å². The Morgan fingerprint density at radius 3 is 2.79 bits per heavy atom. The molecule has 6 heteroatoms. The van der Waals surface area contributed by atoms with Crippen LogP contribution in [0.5, 0.6) is 0 Å². The van der Waals surface area contributed by atoms with Crippen LogP contribution in [-0.4, -0.2) is 44.6 Å². The summed E-state index contributed by atoms with van der Waals surface area (Å²) < 4.78 is 15.7. The maximum atomic E-state index is 13.5. The number of rotatable bonds is 4. The number of fused-ring (bicyclic) bond motifs is 1. The number of pyridine rings is 1.